The number of rotatable bonds is 3. The van der Waals surface area contributed by atoms with Crippen LogP contribution in [-0.4, -0.2) is 16.8 Å². The number of carbonyl (C=O) groups is 2. The fourth-order valence-corrected chi connectivity index (χ4v) is 4.13. The van der Waals surface area contributed by atoms with E-state index in [4.69, 9.17) is 0 Å². The Hall–Kier alpha value is -2.03. The third-order valence-corrected chi connectivity index (χ3v) is 5.83. The van der Waals surface area contributed by atoms with E-state index in [-0.39, 0.29) is 11.8 Å². The molecule has 2 amide bonds. The zero-order valence-electron chi connectivity index (χ0n) is 11.5. The van der Waals surface area contributed by atoms with Gasteiger partial charge in [-0.25, -0.2) is 4.98 Å². The van der Waals surface area contributed by atoms with Gasteiger partial charge in [-0.05, 0) is 29.8 Å². The summed E-state index contributed by atoms with van der Waals surface area (Å²) in [5.41, 5.74) is 5.49. The molecule has 2 N–H and O–H groups in total. The molecule has 0 aliphatic rings. The van der Waals surface area contributed by atoms with Crippen molar-refractivity contribution < 1.29 is 9.59 Å². The Kier molecular flexibility index (Phi) is 4.32. The summed E-state index contributed by atoms with van der Waals surface area (Å²) in [4.78, 5) is 30.4. The average Bonchev–Trinajstić information content (AvgIpc) is 3.23. The van der Waals surface area contributed by atoms with E-state index >= 15 is 0 Å². The van der Waals surface area contributed by atoms with E-state index in [1.54, 1.807) is 35.8 Å². The van der Waals surface area contributed by atoms with Gasteiger partial charge in [0.15, 0.2) is 0 Å². The highest BCUT2D eigenvalue weighted by atomic mass is 32.1. The molecular formula is C14H11N3O2S3. The summed E-state index contributed by atoms with van der Waals surface area (Å²) in [5.74, 6) is -0.688. The molecule has 0 aliphatic carbocycles. The summed E-state index contributed by atoms with van der Waals surface area (Å²) in [7, 11) is 0. The van der Waals surface area contributed by atoms with E-state index in [1.165, 1.54) is 22.7 Å². The van der Waals surface area contributed by atoms with Crippen molar-refractivity contribution in [2.24, 2.45) is 0 Å². The molecule has 0 fully saturated rings. The van der Waals surface area contributed by atoms with Crippen LogP contribution in [0.15, 0.2) is 35.0 Å². The molecule has 5 nitrogen and oxygen atoms in total. The normalized spacial score (nSPS) is 10.4. The van der Waals surface area contributed by atoms with Crippen LogP contribution in [0.25, 0.3) is 9.88 Å². The Morgan fingerprint density at radius 3 is 2.45 bits per heavy atom. The van der Waals surface area contributed by atoms with Crippen molar-refractivity contribution in [2.45, 2.75) is 6.92 Å². The fraction of sp³-hybridized carbons (Fsp3) is 0.0714. The van der Waals surface area contributed by atoms with Gasteiger partial charge in [-0.3, -0.25) is 20.4 Å². The third-order valence-electron chi connectivity index (χ3n) is 2.77. The zero-order chi connectivity index (χ0) is 15.5. The molecule has 3 heterocycles. The van der Waals surface area contributed by atoms with Gasteiger partial charge >= 0.3 is 0 Å². The second-order valence-corrected chi connectivity index (χ2v) is 7.19. The predicted octanol–water partition coefficient (Wildman–Crippen LogP) is 3.32. The van der Waals surface area contributed by atoms with Crippen LogP contribution < -0.4 is 10.9 Å². The summed E-state index contributed by atoms with van der Waals surface area (Å²) < 4.78 is 0. The van der Waals surface area contributed by atoms with Gasteiger partial charge in [0.1, 0.15) is 9.88 Å². The van der Waals surface area contributed by atoms with E-state index in [0.717, 1.165) is 9.88 Å². The highest BCUT2D eigenvalue weighted by Gasteiger charge is 2.17. The van der Waals surface area contributed by atoms with Crippen LogP contribution in [0, 0.1) is 6.92 Å². The number of thiophene rings is 2. The quantitative estimate of drug-likeness (QED) is 0.713. The second kappa shape index (κ2) is 6.39. The number of hydrazine groups is 1. The lowest BCUT2D eigenvalue weighted by atomic mass is 10.4. The zero-order valence-corrected chi connectivity index (χ0v) is 13.9. The molecule has 22 heavy (non-hydrogen) atoms. The second-order valence-electron chi connectivity index (χ2n) is 4.30. The van der Waals surface area contributed by atoms with Crippen LogP contribution in [-0.2, 0) is 0 Å². The molecule has 0 atom stereocenters. The number of aromatic nitrogens is 1. The minimum atomic E-state index is -0.359. The van der Waals surface area contributed by atoms with E-state index in [1.807, 2.05) is 17.5 Å². The SMILES string of the molecule is Cc1nc(-c2cccs2)sc1C(=O)NNC(=O)c1cccs1. The van der Waals surface area contributed by atoms with Crippen molar-refractivity contribution in [1.29, 1.82) is 0 Å². The van der Waals surface area contributed by atoms with Gasteiger partial charge in [-0.2, -0.15) is 0 Å². The summed E-state index contributed by atoms with van der Waals surface area (Å²) >= 11 is 4.20. The summed E-state index contributed by atoms with van der Waals surface area (Å²) in [5, 5.41) is 4.58. The maximum atomic E-state index is 12.2. The van der Waals surface area contributed by atoms with Crippen LogP contribution in [0.3, 0.4) is 0 Å². The largest absolute Gasteiger partial charge is 0.281 e. The average molecular weight is 349 g/mol. The van der Waals surface area contributed by atoms with Crippen molar-refractivity contribution in [3.63, 3.8) is 0 Å². The van der Waals surface area contributed by atoms with Gasteiger partial charge in [0, 0.05) is 0 Å². The van der Waals surface area contributed by atoms with Gasteiger partial charge in [0.05, 0.1) is 15.4 Å². The minimum absolute atomic E-state index is 0.330. The van der Waals surface area contributed by atoms with Gasteiger partial charge in [0.2, 0.25) is 0 Å². The van der Waals surface area contributed by atoms with Crippen molar-refractivity contribution in [1.82, 2.24) is 15.8 Å². The molecule has 0 unspecified atom stereocenters. The number of nitrogens with zero attached hydrogens (tertiary/aromatic N) is 1. The van der Waals surface area contributed by atoms with Crippen molar-refractivity contribution in [3.8, 4) is 9.88 Å². The maximum absolute atomic E-state index is 12.2. The summed E-state index contributed by atoms with van der Waals surface area (Å²) in [6.07, 6.45) is 0. The Bertz CT molecular complexity index is 792. The van der Waals surface area contributed by atoms with Gasteiger partial charge in [-0.15, -0.1) is 34.0 Å². The predicted molar refractivity (Wildman–Crippen MR) is 89.4 cm³/mol. The molecule has 0 saturated carbocycles. The summed E-state index contributed by atoms with van der Waals surface area (Å²) in [6.45, 7) is 1.78. The van der Waals surface area contributed by atoms with E-state index < -0.39 is 0 Å². The first-order chi connectivity index (χ1) is 10.6. The molecule has 8 heteroatoms. The molecule has 0 spiro atoms. The molecule has 0 radical (unpaired) electrons. The molecule has 3 aromatic heterocycles. The Morgan fingerprint density at radius 1 is 1.05 bits per heavy atom. The summed E-state index contributed by atoms with van der Waals surface area (Å²) in [6, 6.07) is 7.38. The molecule has 0 saturated heterocycles. The lowest BCUT2D eigenvalue weighted by Crippen LogP contribution is -2.41. The standard InChI is InChI=1S/C14H11N3O2S3/c1-8-11(22-14(15-8)10-5-3-7-21-10)13(19)17-16-12(18)9-4-2-6-20-9/h2-7H,1H3,(H,16,18)(H,17,19). The molecule has 0 bridgehead atoms. The number of hydrogen-bond donors (Lipinski definition) is 2. The molecule has 0 aliphatic heterocycles. The van der Waals surface area contributed by atoms with Crippen molar-refractivity contribution >= 4 is 45.8 Å². The highest BCUT2D eigenvalue weighted by Crippen LogP contribution is 2.30. The molecule has 3 rings (SSSR count). The Labute approximate surface area is 138 Å². The fourth-order valence-electron chi connectivity index (χ4n) is 1.75. The van der Waals surface area contributed by atoms with Crippen LogP contribution >= 0.6 is 34.0 Å². The van der Waals surface area contributed by atoms with Crippen LogP contribution in [0.2, 0.25) is 0 Å². The van der Waals surface area contributed by atoms with Crippen LogP contribution in [0.5, 0.6) is 0 Å². The first-order valence-corrected chi connectivity index (χ1v) is 8.88. The molecule has 112 valence electrons. The number of nitrogens with one attached hydrogen (secondary N) is 2. The Balaban J connectivity index is 1.69. The first kappa shape index (κ1) is 14.9. The lowest BCUT2D eigenvalue weighted by Gasteiger charge is -2.04. The molecule has 0 aromatic carbocycles. The van der Waals surface area contributed by atoms with E-state index in [2.05, 4.69) is 15.8 Å². The number of aryl methyl sites for hydroxylation is 1. The Morgan fingerprint density at radius 2 is 1.77 bits per heavy atom. The van der Waals surface area contributed by atoms with Gasteiger partial charge in [0.25, 0.3) is 11.8 Å². The number of amides is 2. The van der Waals surface area contributed by atoms with Crippen molar-refractivity contribution in [2.75, 3.05) is 0 Å². The van der Waals surface area contributed by atoms with Crippen molar-refractivity contribution in [3.05, 3.63) is 50.5 Å². The first-order valence-electron chi connectivity index (χ1n) is 6.30. The topological polar surface area (TPSA) is 71.1 Å². The highest BCUT2D eigenvalue weighted by molar-refractivity contribution is 7.22. The van der Waals surface area contributed by atoms with Gasteiger partial charge in [-0.1, -0.05) is 12.1 Å². The number of hydrogen-bond acceptors (Lipinski definition) is 6. The van der Waals surface area contributed by atoms with E-state index in [0.29, 0.717) is 15.4 Å². The van der Waals surface area contributed by atoms with Gasteiger partial charge < -0.3 is 0 Å². The molecular weight excluding hydrogens is 338 g/mol. The monoisotopic (exact) mass is 349 g/mol. The van der Waals surface area contributed by atoms with E-state index in [9.17, 15) is 9.59 Å². The maximum Gasteiger partial charge on any atom is 0.281 e. The minimum Gasteiger partial charge on any atom is -0.266 e. The number of thiazole rings is 1. The third kappa shape index (κ3) is 3.08. The smallest absolute Gasteiger partial charge is 0.266 e. The van der Waals surface area contributed by atoms with Crippen LogP contribution in [0.4, 0.5) is 0 Å². The number of carbonyl (C=O) groups excluding carboxylic acids is 2. The lowest BCUT2D eigenvalue weighted by molar-refractivity contribution is 0.0850. The molecule has 3 aromatic rings. The van der Waals surface area contributed by atoms with Crippen LogP contribution in [0.1, 0.15) is 25.0 Å².